The summed E-state index contributed by atoms with van der Waals surface area (Å²) >= 11 is 0. The van der Waals surface area contributed by atoms with Crippen LogP contribution in [-0.2, 0) is 6.42 Å². The number of hydrogen-bond acceptors (Lipinski definition) is 1. The first-order valence-electron chi connectivity index (χ1n) is 16.1. The van der Waals surface area contributed by atoms with Gasteiger partial charge in [-0.25, -0.2) is 0 Å². The van der Waals surface area contributed by atoms with Crippen molar-refractivity contribution in [2.45, 2.75) is 18.8 Å². The minimum atomic E-state index is 0.291. The summed E-state index contributed by atoms with van der Waals surface area (Å²) < 4.78 is 0. The normalized spacial score (nSPS) is 11.0. The summed E-state index contributed by atoms with van der Waals surface area (Å²) in [6, 6.07) is 69.9. The number of anilines is 3. The Morgan fingerprint density at radius 3 is 1.09 bits per heavy atom. The maximum Gasteiger partial charge on any atom is 0.0461 e. The lowest BCUT2D eigenvalue weighted by Crippen LogP contribution is -2.09. The summed E-state index contributed by atoms with van der Waals surface area (Å²) in [4.78, 5) is 2.31. The first-order chi connectivity index (χ1) is 22.8. The molecule has 0 saturated carbocycles. The smallest absolute Gasteiger partial charge is 0.0461 e. The van der Waals surface area contributed by atoms with Crippen molar-refractivity contribution in [3.8, 4) is 22.3 Å². The van der Waals surface area contributed by atoms with Crippen LogP contribution in [0.3, 0.4) is 0 Å². The Morgan fingerprint density at radius 1 is 0.326 bits per heavy atom. The van der Waals surface area contributed by atoms with Crippen LogP contribution in [0.5, 0.6) is 0 Å². The van der Waals surface area contributed by atoms with Gasteiger partial charge in [0.05, 0.1) is 0 Å². The molecule has 0 aromatic heterocycles. The molecule has 0 fully saturated rings. The predicted octanol–water partition coefficient (Wildman–Crippen LogP) is 12.3. The summed E-state index contributed by atoms with van der Waals surface area (Å²) in [7, 11) is 0. The van der Waals surface area contributed by atoms with Crippen LogP contribution in [0, 0.1) is 0 Å². The van der Waals surface area contributed by atoms with Crippen LogP contribution in [0.1, 0.15) is 29.0 Å². The molecule has 1 heteroatoms. The van der Waals surface area contributed by atoms with Gasteiger partial charge in [0, 0.05) is 23.0 Å². The maximum absolute atomic E-state index is 2.32. The molecule has 1 nitrogen and oxygen atoms in total. The van der Waals surface area contributed by atoms with E-state index in [1.807, 2.05) is 0 Å². The zero-order valence-electron chi connectivity index (χ0n) is 25.9. The molecule has 0 saturated heterocycles. The van der Waals surface area contributed by atoms with Gasteiger partial charge in [0.25, 0.3) is 0 Å². The second-order valence-electron chi connectivity index (χ2n) is 11.7. The predicted molar refractivity (Wildman–Crippen MR) is 195 cm³/mol. The van der Waals surface area contributed by atoms with E-state index in [2.05, 4.69) is 199 Å². The van der Waals surface area contributed by atoms with Gasteiger partial charge in [-0.1, -0.05) is 158 Å². The van der Waals surface area contributed by atoms with Crippen molar-refractivity contribution in [1.29, 1.82) is 0 Å². The van der Waals surface area contributed by atoms with Crippen LogP contribution in [-0.4, -0.2) is 0 Å². The summed E-state index contributed by atoms with van der Waals surface area (Å²) in [5, 5.41) is 0. The van der Waals surface area contributed by atoms with Crippen LogP contribution in [0.2, 0.25) is 0 Å². The third-order valence-electron chi connectivity index (χ3n) is 8.79. The van der Waals surface area contributed by atoms with Crippen molar-refractivity contribution in [2.24, 2.45) is 0 Å². The van der Waals surface area contributed by atoms with Gasteiger partial charge in [-0.2, -0.15) is 0 Å². The Kier molecular flexibility index (Phi) is 8.83. The molecule has 0 spiro atoms. The van der Waals surface area contributed by atoms with E-state index in [4.69, 9.17) is 0 Å². The minimum absolute atomic E-state index is 0.291. The van der Waals surface area contributed by atoms with Crippen LogP contribution in [0.25, 0.3) is 22.3 Å². The zero-order valence-corrected chi connectivity index (χ0v) is 25.9. The Balaban J connectivity index is 1.15. The highest BCUT2D eigenvalue weighted by Crippen LogP contribution is 2.36. The largest absolute Gasteiger partial charge is 0.311 e. The molecule has 0 N–H and O–H groups in total. The highest BCUT2D eigenvalue weighted by atomic mass is 15.1. The monoisotopic (exact) mass is 591 g/mol. The molecule has 7 aromatic rings. The van der Waals surface area contributed by atoms with Gasteiger partial charge in [0.1, 0.15) is 0 Å². The fraction of sp³-hybridized carbons (Fsp3) is 0.0667. The molecule has 0 aliphatic carbocycles. The number of benzene rings is 7. The van der Waals surface area contributed by atoms with Gasteiger partial charge in [-0.15, -0.1) is 0 Å². The third kappa shape index (κ3) is 6.70. The Labute approximate surface area is 273 Å². The van der Waals surface area contributed by atoms with E-state index in [0.29, 0.717) is 5.92 Å². The van der Waals surface area contributed by atoms with Crippen molar-refractivity contribution in [2.75, 3.05) is 4.90 Å². The standard InChI is InChI=1S/C45H37N/c1-5-13-36(14-6-1)38-24-28-40(29-25-38)45(41-30-26-39(27-31-41)37-15-7-2-8-16-37)34-23-35-21-32-44(33-22-35)46(42-17-9-3-10-18-42)43-19-11-4-12-20-43/h1-22,24-33,45H,23,34H2. The average Bonchev–Trinajstić information content (AvgIpc) is 3.15. The molecule has 7 rings (SSSR count). The Morgan fingerprint density at radius 2 is 0.674 bits per heavy atom. The van der Waals surface area contributed by atoms with E-state index < -0.39 is 0 Å². The van der Waals surface area contributed by atoms with Crippen molar-refractivity contribution >= 4 is 17.1 Å². The van der Waals surface area contributed by atoms with Gasteiger partial charge < -0.3 is 4.90 Å². The van der Waals surface area contributed by atoms with Crippen molar-refractivity contribution < 1.29 is 0 Å². The topological polar surface area (TPSA) is 3.24 Å². The van der Waals surface area contributed by atoms with E-state index in [1.165, 1.54) is 38.9 Å². The molecular formula is C45H37N. The summed E-state index contributed by atoms with van der Waals surface area (Å²) in [6.45, 7) is 0. The van der Waals surface area contributed by atoms with E-state index in [9.17, 15) is 0 Å². The molecule has 0 aliphatic rings. The first kappa shape index (κ1) is 29.1. The maximum atomic E-state index is 2.32. The summed E-state index contributed by atoms with van der Waals surface area (Å²) in [5.74, 6) is 0.291. The van der Waals surface area contributed by atoms with Gasteiger partial charge >= 0.3 is 0 Å². The summed E-state index contributed by atoms with van der Waals surface area (Å²) in [6.07, 6.45) is 2.01. The van der Waals surface area contributed by atoms with Gasteiger partial charge in [0.2, 0.25) is 0 Å². The molecule has 0 amide bonds. The lowest BCUT2D eigenvalue weighted by molar-refractivity contribution is 0.715. The van der Waals surface area contributed by atoms with E-state index >= 15 is 0 Å². The Hall–Kier alpha value is -5.66. The minimum Gasteiger partial charge on any atom is -0.311 e. The summed E-state index contributed by atoms with van der Waals surface area (Å²) in [5.41, 5.74) is 12.5. The number of para-hydroxylation sites is 2. The van der Waals surface area contributed by atoms with Crippen LogP contribution < -0.4 is 4.90 Å². The molecule has 0 atom stereocenters. The molecule has 0 radical (unpaired) electrons. The molecular weight excluding hydrogens is 555 g/mol. The number of aryl methyl sites for hydroxylation is 1. The highest BCUT2D eigenvalue weighted by Gasteiger charge is 2.16. The number of nitrogens with zero attached hydrogens (tertiary/aromatic N) is 1. The molecule has 0 bridgehead atoms. The lowest BCUT2D eigenvalue weighted by Gasteiger charge is -2.25. The third-order valence-corrected chi connectivity index (χ3v) is 8.79. The molecule has 222 valence electrons. The van der Waals surface area contributed by atoms with Crippen molar-refractivity contribution in [3.63, 3.8) is 0 Å². The van der Waals surface area contributed by atoms with Crippen molar-refractivity contribution in [3.05, 3.63) is 211 Å². The van der Waals surface area contributed by atoms with E-state index in [0.717, 1.165) is 29.9 Å². The van der Waals surface area contributed by atoms with Gasteiger partial charge in [-0.05, 0) is 88.2 Å². The Bertz CT molecular complexity index is 1810. The number of hydrogen-bond donors (Lipinski definition) is 0. The van der Waals surface area contributed by atoms with Gasteiger partial charge in [-0.3, -0.25) is 0 Å². The SMILES string of the molecule is c1ccc(-c2ccc(C(CCc3ccc(N(c4ccccc4)c4ccccc4)cc3)c3ccc(-c4ccccc4)cc3)cc2)cc1. The molecule has 0 aliphatic heterocycles. The quantitative estimate of drug-likeness (QED) is 0.153. The second-order valence-corrected chi connectivity index (χ2v) is 11.7. The first-order valence-corrected chi connectivity index (χ1v) is 16.1. The second kappa shape index (κ2) is 14.0. The van der Waals surface area contributed by atoms with Crippen LogP contribution in [0.15, 0.2) is 194 Å². The fourth-order valence-corrected chi connectivity index (χ4v) is 6.33. The average molecular weight is 592 g/mol. The highest BCUT2D eigenvalue weighted by molar-refractivity contribution is 5.76. The van der Waals surface area contributed by atoms with Gasteiger partial charge in [0.15, 0.2) is 0 Å². The van der Waals surface area contributed by atoms with Crippen LogP contribution >= 0.6 is 0 Å². The molecule has 46 heavy (non-hydrogen) atoms. The van der Waals surface area contributed by atoms with Crippen molar-refractivity contribution in [1.82, 2.24) is 0 Å². The number of rotatable bonds is 10. The fourth-order valence-electron chi connectivity index (χ4n) is 6.33. The lowest BCUT2D eigenvalue weighted by atomic mass is 9.85. The molecule has 0 heterocycles. The molecule has 0 unspecified atom stereocenters. The van der Waals surface area contributed by atoms with Crippen LogP contribution in [0.4, 0.5) is 17.1 Å². The van der Waals surface area contributed by atoms with E-state index in [-0.39, 0.29) is 0 Å². The van der Waals surface area contributed by atoms with E-state index in [1.54, 1.807) is 0 Å². The molecule has 7 aromatic carbocycles. The zero-order chi connectivity index (χ0) is 31.0.